The van der Waals surface area contributed by atoms with Gasteiger partial charge in [0.15, 0.2) is 0 Å². The van der Waals surface area contributed by atoms with E-state index in [0.717, 1.165) is 48.1 Å². The Kier molecular flexibility index (Phi) is 5.13. The summed E-state index contributed by atoms with van der Waals surface area (Å²) in [4.78, 5) is 18.8. The van der Waals surface area contributed by atoms with E-state index in [0.29, 0.717) is 24.9 Å². The van der Waals surface area contributed by atoms with E-state index in [1.165, 1.54) is 0 Å². The molecule has 9 nitrogen and oxygen atoms in total. The Morgan fingerprint density at radius 2 is 2.03 bits per heavy atom. The molecule has 1 N–H and O–H groups in total. The van der Waals surface area contributed by atoms with Crippen LogP contribution in [0.25, 0.3) is 22.2 Å². The average Bonchev–Trinajstić information content (AvgIpc) is 3.47. The molecule has 0 aromatic carbocycles. The highest BCUT2D eigenvalue weighted by Crippen LogP contribution is 2.31. The number of hydrogen-bond acceptors (Lipinski definition) is 6. The number of amides is 1. The molecule has 5 heterocycles. The van der Waals surface area contributed by atoms with Crippen molar-refractivity contribution in [3.05, 3.63) is 24.7 Å². The minimum atomic E-state index is -0.132. The molecule has 2 fully saturated rings. The predicted octanol–water partition coefficient (Wildman–Crippen LogP) is 2.00. The van der Waals surface area contributed by atoms with Gasteiger partial charge in [0.25, 0.3) is 0 Å². The summed E-state index contributed by atoms with van der Waals surface area (Å²) in [6.07, 6.45) is 8.44. The van der Waals surface area contributed by atoms with E-state index >= 15 is 0 Å². The standard InChI is InChI=1S/C22H29N7O2/c1-14(15-8-21(30)23-10-15)31-22-18-13-28(3)26-20(18)9-19(25-22)16-11-24-29(12-16)17-4-6-27(2)7-5-17/h9,11-15,17H,4-8,10H2,1-3H3,(H,23,30)/t14?,15-/m1/s1. The lowest BCUT2D eigenvalue weighted by Gasteiger charge is -2.28. The molecular formula is C22H29N7O2. The quantitative estimate of drug-likeness (QED) is 0.675. The van der Waals surface area contributed by atoms with Gasteiger partial charge >= 0.3 is 0 Å². The molecule has 3 aromatic rings. The van der Waals surface area contributed by atoms with E-state index < -0.39 is 0 Å². The van der Waals surface area contributed by atoms with Crippen molar-refractivity contribution in [1.82, 2.24) is 34.8 Å². The van der Waals surface area contributed by atoms with Crippen molar-refractivity contribution in [2.75, 3.05) is 26.7 Å². The van der Waals surface area contributed by atoms with Gasteiger partial charge in [-0.3, -0.25) is 14.2 Å². The van der Waals surface area contributed by atoms with E-state index in [4.69, 9.17) is 9.72 Å². The van der Waals surface area contributed by atoms with Crippen LogP contribution in [0.3, 0.4) is 0 Å². The minimum absolute atomic E-state index is 0.0787. The molecule has 31 heavy (non-hydrogen) atoms. The summed E-state index contributed by atoms with van der Waals surface area (Å²) >= 11 is 0. The Labute approximate surface area is 181 Å². The Morgan fingerprint density at radius 1 is 1.23 bits per heavy atom. The number of hydrogen-bond donors (Lipinski definition) is 1. The van der Waals surface area contributed by atoms with Gasteiger partial charge in [-0.25, -0.2) is 4.98 Å². The molecule has 9 heteroatoms. The van der Waals surface area contributed by atoms with Crippen LogP contribution < -0.4 is 10.1 Å². The molecule has 0 saturated carbocycles. The summed E-state index contributed by atoms with van der Waals surface area (Å²) in [6, 6.07) is 2.41. The normalized spacial score (nSPS) is 21.5. The first-order chi connectivity index (χ1) is 15.0. The Hall–Kier alpha value is -2.94. The maximum atomic E-state index is 11.6. The smallest absolute Gasteiger partial charge is 0.225 e. The number of piperidine rings is 1. The zero-order valence-corrected chi connectivity index (χ0v) is 18.3. The van der Waals surface area contributed by atoms with Gasteiger partial charge in [-0.15, -0.1) is 0 Å². The third-order valence-electron chi connectivity index (χ3n) is 6.51. The zero-order valence-electron chi connectivity index (χ0n) is 18.3. The van der Waals surface area contributed by atoms with Crippen LogP contribution in [0, 0.1) is 5.92 Å². The van der Waals surface area contributed by atoms with Crippen molar-refractivity contribution < 1.29 is 9.53 Å². The zero-order chi connectivity index (χ0) is 21.5. The first-order valence-corrected chi connectivity index (χ1v) is 11.0. The van der Waals surface area contributed by atoms with E-state index in [-0.39, 0.29) is 17.9 Å². The fourth-order valence-electron chi connectivity index (χ4n) is 4.51. The van der Waals surface area contributed by atoms with Crippen LogP contribution in [0.2, 0.25) is 0 Å². The van der Waals surface area contributed by atoms with Crippen LogP contribution in [-0.2, 0) is 11.8 Å². The van der Waals surface area contributed by atoms with Crippen LogP contribution in [-0.4, -0.2) is 68.1 Å². The van der Waals surface area contributed by atoms with Crippen molar-refractivity contribution >= 4 is 16.8 Å². The number of likely N-dealkylation sites (tertiary alicyclic amines) is 1. The maximum Gasteiger partial charge on any atom is 0.225 e. The summed E-state index contributed by atoms with van der Waals surface area (Å²) in [5.41, 5.74) is 2.59. The highest BCUT2D eigenvalue weighted by molar-refractivity contribution is 5.86. The van der Waals surface area contributed by atoms with Gasteiger partial charge in [0.05, 0.1) is 28.8 Å². The Morgan fingerprint density at radius 3 is 2.77 bits per heavy atom. The van der Waals surface area contributed by atoms with E-state index in [1.807, 2.05) is 32.4 Å². The second kappa shape index (κ2) is 7.96. The molecule has 0 radical (unpaired) electrons. The van der Waals surface area contributed by atoms with Crippen molar-refractivity contribution in [3.63, 3.8) is 0 Å². The Bertz CT molecular complexity index is 1100. The van der Waals surface area contributed by atoms with Crippen molar-refractivity contribution in [3.8, 4) is 17.1 Å². The minimum Gasteiger partial charge on any atom is -0.474 e. The summed E-state index contributed by atoms with van der Waals surface area (Å²) in [7, 11) is 4.06. The van der Waals surface area contributed by atoms with Gasteiger partial charge in [0.2, 0.25) is 11.8 Å². The third kappa shape index (κ3) is 4.01. The lowest BCUT2D eigenvalue weighted by atomic mass is 10.0. The van der Waals surface area contributed by atoms with Crippen LogP contribution in [0.5, 0.6) is 5.88 Å². The van der Waals surface area contributed by atoms with Crippen LogP contribution in [0.1, 0.15) is 32.2 Å². The molecule has 2 aliphatic rings. The lowest BCUT2D eigenvalue weighted by molar-refractivity contribution is -0.119. The second-order valence-electron chi connectivity index (χ2n) is 8.88. The molecule has 1 unspecified atom stereocenters. The summed E-state index contributed by atoms with van der Waals surface area (Å²) in [5, 5.41) is 13.0. The number of rotatable bonds is 5. The molecule has 0 spiro atoms. The molecule has 5 rings (SSSR count). The highest BCUT2D eigenvalue weighted by Gasteiger charge is 2.29. The van der Waals surface area contributed by atoms with Crippen molar-refractivity contribution in [2.24, 2.45) is 13.0 Å². The van der Waals surface area contributed by atoms with Gasteiger partial charge in [0, 0.05) is 43.9 Å². The third-order valence-corrected chi connectivity index (χ3v) is 6.51. The number of nitrogens with zero attached hydrogens (tertiary/aromatic N) is 6. The molecule has 2 saturated heterocycles. The largest absolute Gasteiger partial charge is 0.474 e. The highest BCUT2D eigenvalue weighted by atomic mass is 16.5. The molecule has 0 aliphatic carbocycles. The number of aryl methyl sites for hydroxylation is 1. The number of carbonyl (C=O) groups excluding carboxylic acids is 1. The number of pyridine rings is 1. The van der Waals surface area contributed by atoms with Crippen molar-refractivity contribution in [1.29, 1.82) is 0 Å². The van der Waals surface area contributed by atoms with E-state index in [1.54, 1.807) is 4.68 Å². The summed E-state index contributed by atoms with van der Waals surface area (Å²) in [5.74, 6) is 0.770. The molecule has 1 amide bonds. The monoisotopic (exact) mass is 423 g/mol. The van der Waals surface area contributed by atoms with Crippen molar-refractivity contribution in [2.45, 2.75) is 38.3 Å². The number of ether oxygens (including phenoxy) is 1. The van der Waals surface area contributed by atoms with Crippen LogP contribution in [0.15, 0.2) is 24.7 Å². The van der Waals surface area contributed by atoms with Gasteiger partial charge in [-0.2, -0.15) is 10.2 Å². The lowest BCUT2D eigenvalue weighted by Crippen LogP contribution is -2.31. The number of fused-ring (bicyclic) bond motifs is 1. The number of nitrogens with one attached hydrogen (secondary N) is 1. The van der Waals surface area contributed by atoms with Crippen LogP contribution in [0.4, 0.5) is 0 Å². The van der Waals surface area contributed by atoms with Gasteiger partial charge < -0.3 is 15.0 Å². The Balaban J connectivity index is 1.44. The van der Waals surface area contributed by atoms with Gasteiger partial charge in [-0.1, -0.05) is 0 Å². The summed E-state index contributed by atoms with van der Waals surface area (Å²) in [6.45, 7) is 4.82. The summed E-state index contributed by atoms with van der Waals surface area (Å²) < 4.78 is 10.1. The van der Waals surface area contributed by atoms with Crippen LogP contribution >= 0.6 is 0 Å². The molecule has 164 valence electrons. The molecule has 2 aliphatic heterocycles. The molecule has 3 aromatic heterocycles. The fraction of sp³-hybridized carbons (Fsp3) is 0.545. The second-order valence-corrected chi connectivity index (χ2v) is 8.88. The molecule has 2 atom stereocenters. The van der Waals surface area contributed by atoms with Gasteiger partial charge in [-0.05, 0) is 46.0 Å². The first kappa shape index (κ1) is 20.0. The SMILES string of the molecule is CC(Oc1nc(-c2cnn(C3CCN(C)CC3)c2)cc2nn(C)cc12)[C@H]1CNC(=O)C1. The molecule has 0 bridgehead atoms. The fourth-order valence-corrected chi connectivity index (χ4v) is 4.51. The topological polar surface area (TPSA) is 90.1 Å². The number of aromatic nitrogens is 5. The van der Waals surface area contributed by atoms with Gasteiger partial charge in [0.1, 0.15) is 6.10 Å². The average molecular weight is 424 g/mol. The molecular weight excluding hydrogens is 394 g/mol. The maximum absolute atomic E-state index is 11.6. The van der Waals surface area contributed by atoms with E-state index in [2.05, 4.69) is 38.3 Å². The predicted molar refractivity (Wildman–Crippen MR) is 117 cm³/mol. The number of carbonyl (C=O) groups is 1. The first-order valence-electron chi connectivity index (χ1n) is 11.0. The van der Waals surface area contributed by atoms with E-state index in [9.17, 15) is 4.79 Å².